The zero-order valence-corrected chi connectivity index (χ0v) is 14.7. The van der Waals surface area contributed by atoms with Crippen molar-refractivity contribution in [2.45, 2.75) is 11.4 Å². The lowest BCUT2D eigenvalue weighted by molar-refractivity contribution is 0.376. The van der Waals surface area contributed by atoms with Gasteiger partial charge in [0.25, 0.3) is 0 Å². The second kappa shape index (κ2) is 7.22. The number of aromatic nitrogens is 2. The van der Waals surface area contributed by atoms with Gasteiger partial charge in [-0.15, -0.1) is 0 Å². The highest BCUT2D eigenvalue weighted by Gasteiger charge is 2.16. The highest BCUT2D eigenvalue weighted by Crippen LogP contribution is 2.20. The number of methoxy groups -OCH3 is 1. The van der Waals surface area contributed by atoms with E-state index in [0.29, 0.717) is 22.2 Å². The van der Waals surface area contributed by atoms with E-state index in [-0.39, 0.29) is 17.3 Å². The molecule has 0 atom stereocenters. The number of benzene rings is 2. The van der Waals surface area contributed by atoms with Crippen LogP contribution in [0, 0.1) is 0 Å². The molecule has 0 saturated heterocycles. The van der Waals surface area contributed by atoms with Gasteiger partial charge in [-0.1, -0.05) is 28.9 Å². The van der Waals surface area contributed by atoms with Crippen molar-refractivity contribution in [2.75, 3.05) is 7.11 Å². The maximum Gasteiger partial charge on any atom is 0.242 e. The molecule has 3 rings (SSSR count). The molecule has 0 bridgehead atoms. The van der Waals surface area contributed by atoms with Crippen LogP contribution in [0.15, 0.2) is 57.9 Å². The van der Waals surface area contributed by atoms with Crippen LogP contribution in [0.25, 0.3) is 11.4 Å². The fourth-order valence-corrected chi connectivity index (χ4v) is 3.23. The van der Waals surface area contributed by atoms with E-state index in [9.17, 15) is 8.42 Å². The first kappa shape index (κ1) is 17.4. The largest absolute Gasteiger partial charge is 0.497 e. The number of hydrogen-bond acceptors (Lipinski definition) is 6. The molecule has 1 N–H and O–H groups in total. The van der Waals surface area contributed by atoms with Gasteiger partial charge in [0, 0.05) is 10.6 Å². The van der Waals surface area contributed by atoms with E-state index in [1.807, 2.05) is 0 Å². The molecular weight excluding hydrogens is 366 g/mol. The third-order valence-electron chi connectivity index (χ3n) is 3.33. The summed E-state index contributed by atoms with van der Waals surface area (Å²) in [6.07, 6.45) is 0. The average Bonchev–Trinajstić information content (AvgIpc) is 3.09. The van der Waals surface area contributed by atoms with Gasteiger partial charge in [0.2, 0.25) is 21.7 Å². The molecule has 0 aliphatic carbocycles. The number of halogens is 1. The van der Waals surface area contributed by atoms with Crippen LogP contribution in [0.1, 0.15) is 5.89 Å². The van der Waals surface area contributed by atoms with Gasteiger partial charge in [-0.25, -0.2) is 13.1 Å². The number of nitrogens with zero attached hydrogens (tertiary/aromatic N) is 2. The minimum absolute atomic E-state index is 0.114. The van der Waals surface area contributed by atoms with E-state index < -0.39 is 10.0 Å². The molecule has 0 spiro atoms. The summed E-state index contributed by atoms with van der Waals surface area (Å²) in [6.45, 7) is -0.123. The Morgan fingerprint density at radius 2 is 1.96 bits per heavy atom. The van der Waals surface area contributed by atoms with Crippen molar-refractivity contribution in [3.63, 3.8) is 0 Å². The molecule has 1 aromatic heterocycles. The molecule has 9 heteroatoms. The molecule has 0 unspecified atom stereocenters. The van der Waals surface area contributed by atoms with Gasteiger partial charge in [-0.3, -0.25) is 0 Å². The molecule has 0 fully saturated rings. The van der Waals surface area contributed by atoms with Gasteiger partial charge in [-0.2, -0.15) is 4.98 Å². The highest BCUT2D eigenvalue weighted by molar-refractivity contribution is 7.89. The number of sulfonamides is 1. The number of ether oxygens (including phenoxy) is 1. The predicted octanol–water partition coefficient (Wildman–Crippen LogP) is 2.88. The fraction of sp³-hybridized carbons (Fsp3) is 0.125. The molecule has 0 amide bonds. The molecule has 25 heavy (non-hydrogen) atoms. The third kappa shape index (κ3) is 4.16. The average molecular weight is 380 g/mol. The van der Waals surface area contributed by atoms with Crippen LogP contribution in [-0.2, 0) is 16.6 Å². The van der Waals surface area contributed by atoms with E-state index >= 15 is 0 Å². The summed E-state index contributed by atoms with van der Waals surface area (Å²) < 4.78 is 37.0. The normalized spacial score (nSPS) is 11.4. The number of rotatable bonds is 6. The summed E-state index contributed by atoms with van der Waals surface area (Å²) in [4.78, 5) is 4.28. The summed E-state index contributed by atoms with van der Waals surface area (Å²) in [6, 6.07) is 13.0. The second-order valence-electron chi connectivity index (χ2n) is 5.02. The van der Waals surface area contributed by atoms with Crippen molar-refractivity contribution >= 4 is 21.6 Å². The van der Waals surface area contributed by atoms with E-state index in [0.717, 1.165) is 0 Å². The lowest BCUT2D eigenvalue weighted by Gasteiger charge is -2.05. The first-order valence-electron chi connectivity index (χ1n) is 7.20. The zero-order chi connectivity index (χ0) is 17.9. The van der Waals surface area contributed by atoms with Crippen molar-refractivity contribution in [2.24, 2.45) is 0 Å². The molecule has 0 radical (unpaired) electrons. The monoisotopic (exact) mass is 379 g/mol. The molecule has 1 heterocycles. The van der Waals surface area contributed by atoms with Gasteiger partial charge in [0.05, 0.1) is 18.6 Å². The van der Waals surface area contributed by atoms with Gasteiger partial charge in [-0.05, 0) is 36.4 Å². The Hall–Kier alpha value is -2.42. The third-order valence-corrected chi connectivity index (χ3v) is 4.99. The van der Waals surface area contributed by atoms with Crippen molar-refractivity contribution in [3.8, 4) is 17.1 Å². The second-order valence-corrected chi connectivity index (χ2v) is 7.23. The Labute approximate surface area is 149 Å². The SMILES string of the molecule is COc1ccc(S(=O)(=O)NCc2nc(-c3cccc(Cl)c3)no2)cc1. The zero-order valence-electron chi connectivity index (χ0n) is 13.1. The maximum absolute atomic E-state index is 12.3. The summed E-state index contributed by atoms with van der Waals surface area (Å²) in [7, 11) is -2.19. The van der Waals surface area contributed by atoms with Crippen LogP contribution < -0.4 is 9.46 Å². The Bertz CT molecular complexity index is 971. The van der Waals surface area contributed by atoms with Crippen LogP contribution in [0.4, 0.5) is 0 Å². The Morgan fingerprint density at radius 3 is 2.64 bits per heavy atom. The van der Waals surface area contributed by atoms with Crippen molar-refractivity contribution in [1.82, 2.24) is 14.9 Å². The van der Waals surface area contributed by atoms with Gasteiger partial charge >= 0.3 is 0 Å². The molecule has 7 nitrogen and oxygen atoms in total. The lowest BCUT2D eigenvalue weighted by Crippen LogP contribution is -2.23. The van der Waals surface area contributed by atoms with Crippen LogP contribution in [-0.4, -0.2) is 25.7 Å². The van der Waals surface area contributed by atoms with Crippen LogP contribution in [0.5, 0.6) is 5.75 Å². The van der Waals surface area contributed by atoms with Crippen LogP contribution >= 0.6 is 11.6 Å². The van der Waals surface area contributed by atoms with Gasteiger partial charge in [0.15, 0.2) is 0 Å². The van der Waals surface area contributed by atoms with Crippen molar-refractivity contribution < 1.29 is 17.7 Å². The molecule has 130 valence electrons. The van der Waals surface area contributed by atoms with E-state index in [1.54, 1.807) is 36.4 Å². The number of nitrogens with one attached hydrogen (secondary N) is 1. The molecule has 2 aromatic carbocycles. The first-order chi connectivity index (χ1) is 12.0. The van der Waals surface area contributed by atoms with Crippen LogP contribution in [0.3, 0.4) is 0 Å². The van der Waals surface area contributed by atoms with Crippen molar-refractivity contribution in [1.29, 1.82) is 0 Å². The summed E-state index contributed by atoms with van der Waals surface area (Å²) in [5, 5.41) is 4.37. The topological polar surface area (TPSA) is 94.3 Å². The fourth-order valence-electron chi connectivity index (χ4n) is 2.07. The first-order valence-corrected chi connectivity index (χ1v) is 9.06. The molecule has 3 aromatic rings. The smallest absolute Gasteiger partial charge is 0.242 e. The van der Waals surface area contributed by atoms with Gasteiger partial charge in [0.1, 0.15) is 5.75 Å². The molecular formula is C16H14ClN3O4S. The molecule has 0 aliphatic heterocycles. The highest BCUT2D eigenvalue weighted by atomic mass is 35.5. The van der Waals surface area contributed by atoms with Crippen LogP contribution in [0.2, 0.25) is 5.02 Å². The van der Waals surface area contributed by atoms with E-state index in [2.05, 4.69) is 14.9 Å². The van der Waals surface area contributed by atoms with E-state index in [1.165, 1.54) is 19.2 Å². The molecule has 0 aliphatic rings. The van der Waals surface area contributed by atoms with Gasteiger partial charge < -0.3 is 9.26 Å². The van der Waals surface area contributed by atoms with Crippen molar-refractivity contribution in [3.05, 3.63) is 59.4 Å². The Balaban J connectivity index is 1.70. The Kier molecular flexibility index (Phi) is 5.03. The van der Waals surface area contributed by atoms with E-state index in [4.69, 9.17) is 20.9 Å². The maximum atomic E-state index is 12.3. The lowest BCUT2D eigenvalue weighted by atomic mass is 10.2. The molecule has 0 saturated carbocycles. The summed E-state index contributed by atoms with van der Waals surface area (Å²) >= 11 is 5.93. The minimum atomic E-state index is -3.70. The summed E-state index contributed by atoms with van der Waals surface area (Å²) in [5.41, 5.74) is 0.681. The quantitative estimate of drug-likeness (QED) is 0.707. The Morgan fingerprint density at radius 1 is 1.20 bits per heavy atom. The standard InChI is InChI=1S/C16H14ClN3O4S/c1-23-13-5-7-14(8-6-13)25(21,22)18-10-15-19-16(20-24-15)11-3-2-4-12(17)9-11/h2-9,18H,10H2,1H3. The summed E-state index contributed by atoms with van der Waals surface area (Å²) in [5.74, 6) is 1.05. The minimum Gasteiger partial charge on any atom is -0.497 e. The number of hydrogen-bond donors (Lipinski definition) is 1. The predicted molar refractivity (Wildman–Crippen MR) is 91.8 cm³/mol.